The first-order valence-corrected chi connectivity index (χ1v) is 12.8. The van der Waals surface area contributed by atoms with Gasteiger partial charge in [0.15, 0.2) is 12.1 Å². The molecule has 37 heavy (non-hydrogen) atoms. The van der Waals surface area contributed by atoms with Crippen LogP contribution < -0.4 is 5.73 Å². The van der Waals surface area contributed by atoms with Crippen LogP contribution in [0.15, 0.2) is 90.2 Å². The van der Waals surface area contributed by atoms with Gasteiger partial charge in [0, 0.05) is 12.0 Å². The van der Waals surface area contributed by atoms with E-state index in [1.807, 2.05) is 35.2 Å². The van der Waals surface area contributed by atoms with Crippen molar-refractivity contribution < 1.29 is 9.94 Å². The van der Waals surface area contributed by atoms with Crippen LogP contribution in [0.25, 0.3) is 28.1 Å². The fourth-order valence-corrected chi connectivity index (χ4v) is 5.01. The van der Waals surface area contributed by atoms with Crippen molar-refractivity contribution in [3.63, 3.8) is 0 Å². The molecule has 6 nitrogen and oxygen atoms in total. The van der Waals surface area contributed by atoms with E-state index in [2.05, 4.69) is 66.7 Å². The van der Waals surface area contributed by atoms with Gasteiger partial charge in [0.2, 0.25) is 0 Å². The molecular formula is C31H32N4O2. The van der Waals surface area contributed by atoms with Crippen LogP contribution in [0.2, 0.25) is 0 Å². The van der Waals surface area contributed by atoms with E-state index in [-0.39, 0.29) is 12.1 Å². The third kappa shape index (κ3) is 5.34. The summed E-state index contributed by atoms with van der Waals surface area (Å²) in [5.74, 6) is 0.0643. The Morgan fingerprint density at radius 2 is 1.84 bits per heavy atom. The van der Waals surface area contributed by atoms with E-state index >= 15 is 0 Å². The molecule has 1 fully saturated rings. The van der Waals surface area contributed by atoms with Gasteiger partial charge in [-0.2, -0.15) is 5.10 Å². The first-order chi connectivity index (χ1) is 18.2. The van der Waals surface area contributed by atoms with Crippen molar-refractivity contribution in [3.8, 4) is 0 Å². The lowest BCUT2D eigenvalue weighted by molar-refractivity contribution is -0.0366. The summed E-state index contributed by atoms with van der Waals surface area (Å²) >= 11 is 0. The van der Waals surface area contributed by atoms with E-state index in [0.717, 1.165) is 53.5 Å². The van der Waals surface area contributed by atoms with Crippen LogP contribution in [-0.2, 0) is 4.74 Å². The lowest BCUT2D eigenvalue weighted by atomic mass is 9.87. The molecule has 0 spiro atoms. The molecule has 1 unspecified atom stereocenters. The zero-order chi connectivity index (χ0) is 25.6. The third-order valence-corrected chi connectivity index (χ3v) is 6.85. The number of hydrogen-bond acceptors (Lipinski definition) is 4. The summed E-state index contributed by atoms with van der Waals surface area (Å²) in [5, 5.41) is 17.6. The molecule has 1 atom stereocenters. The van der Waals surface area contributed by atoms with Crippen LogP contribution in [0.5, 0.6) is 0 Å². The number of amidine groups is 1. The number of nitrogens with zero attached hydrogens (tertiary/aromatic N) is 3. The number of allylic oxidation sites excluding steroid dienone is 1. The van der Waals surface area contributed by atoms with Gasteiger partial charge in [-0.3, -0.25) is 0 Å². The Morgan fingerprint density at radius 3 is 2.54 bits per heavy atom. The summed E-state index contributed by atoms with van der Waals surface area (Å²) in [5.41, 5.74) is 13.6. The van der Waals surface area contributed by atoms with E-state index in [1.165, 1.54) is 23.1 Å². The van der Waals surface area contributed by atoms with Crippen LogP contribution in [-0.4, -0.2) is 27.4 Å². The molecule has 0 aliphatic carbocycles. The first-order valence-electron chi connectivity index (χ1n) is 12.8. The molecule has 5 rings (SSSR count). The molecule has 1 aliphatic heterocycles. The standard InChI is InChI=1S/C31H32N4O2/c1-2-27(23-8-4-3-5-9-23)31(24-14-11-22(12-15-24)13-18-29(32)34-36)25-16-17-28-26(20-25)21-33-35(28)30-10-6-7-19-37-30/h3-5,8-9,11-18,20-21,30,36H,2,6-7,10,19H2,1H3,(H2,32,34). The SMILES string of the molecule is CCC(=C(c1ccc(C=CC(N)=NO)cc1)c1ccc2c(cnn2C2CCCCO2)c1)c1ccccc1. The molecule has 3 aromatic carbocycles. The molecule has 0 amide bonds. The number of rotatable bonds is 7. The number of aromatic nitrogens is 2. The van der Waals surface area contributed by atoms with Crippen LogP contribution in [0.3, 0.4) is 0 Å². The lowest BCUT2D eigenvalue weighted by Crippen LogP contribution is -2.18. The van der Waals surface area contributed by atoms with E-state index in [1.54, 1.807) is 6.08 Å². The van der Waals surface area contributed by atoms with Crippen molar-refractivity contribution in [1.82, 2.24) is 9.78 Å². The van der Waals surface area contributed by atoms with E-state index in [9.17, 15) is 0 Å². The highest BCUT2D eigenvalue weighted by Crippen LogP contribution is 2.36. The number of nitrogens with two attached hydrogens (primary N) is 1. The molecule has 0 bridgehead atoms. The van der Waals surface area contributed by atoms with E-state index in [0.29, 0.717) is 0 Å². The Hall–Kier alpha value is -4.16. The number of benzene rings is 3. The van der Waals surface area contributed by atoms with Gasteiger partial charge in [-0.15, -0.1) is 0 Å². The van der Waals surface area contributed by atoms with Gasteiger partial charge in [0.1, 0.15) is 0 Å². The fraction of sp³-hybridized carbons (Fsp3) is 0.226. The molecule has 188 valence electrons. The normalized spacial score (nSPS) is 17.3. The van der Waals surface area contributed by atoms with Gasteiger partial charge in [-0.05, 0) is 77.3 Å². The molecule has 3 N–H and O–H groups in total. The Labute approximate surface area is 217 Å². The Kier molecular flexibility index (Phi) is 7.47. The Bertz CT molecular complexity index is 1440. The molecule has 6 heteroatoms. The maximum absolute atomic E-state index is 8.80. The smallest absolute Gasteiger partial charge is 0.162 e. The van der Waals surface area contributed by atoms with Crippen molar-refractivity contribution in [2.45, 2.75) is 38.8 Å². The Balaban J connectivity index is 1.60. The highest BCUT2D eigenvalue weighted by atomic mass is 16.5. The minimum Gasteiger partial charge on any atom is -0.409 e. The topological polar surface area (TPSA) is 85.7 Å². The summed E-state index contributed by atoms with van der Waals surface area (Å²) < 4.78 is 8.03. The summed E-state index contributed by atoms with van der Waals surface area (Å²) in [7, 11) is 0. The number of oxime groups is 1. The van der Waals surface area contributed by atoms with Crippen molar-refractivity contribution >= 4 is 34.0 Å². The second kappa shape index (κ2) is 11.3. The summed E-state index contributed by atoms with van der Waals surface area (Å²) in [6.07, 6.45) is 9.52. The number of ether oxygens (including phenoxy) is 1. The minimum atomic E-state index is 0.00754. The van der Waals surface area contributed by atoms with Crippen LogP contribution in [0, 0.1) is 0 Å². The maximum Gasteiger partial charge on any atom is 0.162 e. The second-order valence-electron chi connectivity index (χ2n) is 9.24. The van der Waals surface area contributed by atoms with Gasteiger partial charge < -0.3 is 15.7 Å². The highest BCUT2D eigenvalue weighted by Gasteiger charge is 2.20. The molecule has 0 saturated carbocycles. The van der Waals surface area contributed by atoms with Gasteiger partial charge in [0.25, 0.3) is 0 Å². The predicted molar refractivity (Wildman–Crippen MR) is 150 cm³/mol. The average Bonchev–Trinajstić information content (AvgIpc) is 3.39. The molecule has 0 radical (unpaired) electrons. The van der Waals surface area contributed by atoms with Crippen molar-refractivity contribution in [2.24, 2.45) is 10.9 Å². The number of fused-ring (bicyclic) bond motifs is 1. The quantitative estimate of drug-likeness (QED) is 0.0970. The summed E-state index contributed by atoms with van der Waals surface area (Å²) in [6.45, 7) is 2.99. The maximum atomic E-state index is 8.80. The van der Waals surface area contributed by atoms with Crippen molar-refractivity contribution in [2.75, 3.05) is 6.61 Å². The van der Waals surface area contributed by atoms with Crippen LogP contribution >= 0.6 is 0 Å². The predicted octanol–water partition coefficient (Wildman–Crippen LogP) is 6.86. The zero-order valence-electron chi connectivity index (χ0n) is 21.0. The van der Waals surface area contributed by atoms with Gasteiger partial charge in [0.05, 0.1) is 11.7 Å². The average molecular weight is 493 g/mol. The van der Waals surface area contributed by atoms with Gasteiger partial charge in [-0.1, -0.05) is 78.8 Å². The Morgan fingerprint density at radius 1 is 1.05 bits per heavy atom. The molecule has 1 aliphatic rings. The third-order valence-electron chi connectivity index (χ3n) is 6.85. The second-order valence-corrected chi connectivity index (χ2v) is 9.24. The van der Waals surface area contributed by atoms with Crippen molar-refractivity contribution in [3.05, 3.63) is 107 Å². The van der Waals surface area contributed by atoms with Gasteiger partial charge in [-0.25, -0.2) is 4.68 Å². The lowest BCUT2D eigenvalue weighted by Gasteiger charge is -2.23. The van der Waals surface area contributed by atoms with E-state index in [4.69, 9.17) is 20.8 Å². The largest absolute Gasteiger partial charge is 0.409 e. The molecule has 4 aromatic rings. The van der Waals surface area contributed by atoms with Gasteiger partial charge >= 0.3 is 0 Å². The minimum absolute atomic E-state index is 0.00754. The van der Waals surface area contributed by atoms with Crippen molar-refractivity contribution in [1.29, 1.82) is 0 Å². The summed E-state index contributed by atoms with van der Waals surface area (Å²) in [6, 6.07) is 25.5. The fourth-order valence-electron chi connectivity index (χ4n) is 5.01. The zero-order valence-corrected chi connectivity index (χ0v) is 21.0. The number of hydrogen-bond donors (Lipinski definition) is 2. The highest BCUT2D eigenvalue weighted by molar-refractivity contribution is 6.00. The van der Waals surface area contributed by atoms with Crippen LogP contribution in [0.1, 0.15) is 61.1 Å². The van der Waals surface area contributed by atoms with Crippen LogP contribution in [0.4, 0.5) is 0 Å². The molecular weight excluding hydrogens is 460 g/mol. The van der Waals surface area contributed by atoms with E-state index < -0.39 is 0 Å². The monoisotopic (exact) mass is 492 g/mol. The summed E-state index contributed by atoms with van der Waals surface area (Å²) in [4.78, 5) is 0. The molecule has 1 saturated heterocycles. The molecule has 1 aromatic heterocycles. The first kappa shape index (κ1) is 24.5. The molecule has 2 heterocycles.